The molecule has 0 bridgehead atoms. The van der Waals surface area contributed by atoms with Gasteiger partial charge in [-0.1, -0.05) is 91.3 Å². The van der Waals surface area contributed by atoms with Gasteiger partial charge in [-0.15, -0.1) is 0 Å². The van der Waals surface area contributed by atoms with Crippen LogP contribution in [0.5, 0.6) is 0 Å². The number of ketones is 1. The summed E-state index contributed by atoms with van der Waals surface area (Å²) in [5.41, 5.74) is 5.72. The van der Waals surface area contributed by atoms with Crippen LogP contribution in [0.15, 0.2) is 84.9 Å². The first kappa shape index (κ1) is 26.0. The highest BCUT2D eigenvalue weighted by molar-refractivity contribution is 6.42. The number of hydrogen-bond donors (Lipinski definition) is 0. The molecule has 6 heteroatoms. The van der Waals surface area contributed by atoms with Crippen molar-refractivity contribution in [1.29, 1.82) is 0 Å². The van der Waals surface area contributed by atoms with Gasteiger partial charge in [0, 0.05) is 33.8 Å². The number of nitrogens with zero attached hydrogens (tertiary/aromatic N) is 1. The van der Waals surface area contributed by atoms with E-state index in [9.17, 15) is 9.59 Å². The second kappa shape index (κ2) is 11.0. The predicted octanol–water partition coefficient (Wildman–Crippen LogP) is 7.00. The van der Waals surface area contributed by atoms with E-state index in [-0.39, 0.29) is 12.0 Å². The second-order valence-corrected chi connectivity index (χ2v) is 10.5. The number of fused-ring (bicyclic) bond motifs is 1. The fourth-order valence-electron chi connectivity index (χ4n) is 5.30. The van der Waals surface area contributed by atoms with Gasteiger partial charge in [0.25, 0.3) is 5.78 Å². The molecule has 3 aromatic carbocycles. The standard InChI is InChI=1S/C32H30ClNO4/c1-3-38-31(36)30(35)29-28(24-14-16-25(33)17-15-24)27(23-12-8-5-9-13-23)26-18-32(2,20-34(26)29)21-37-19-22-10-6-4-7-11-22/h4-17H,3,18-21H2,1-2H3. The molecule has 0 N–H and O–H groups in total. The van der Waals surface area contributed by atoms with E-state index in [0.29, 0.717) is 36.9 Å². The second-order valence-electron chi connectivity index (χ2n) is 10.0. The number of halogens is 1. The minimum Gasteiger partial charge on any atom is -0.460 e. The normalized spacial score (nSPS) is 16.3. The Labute approximate surface area is 228 Å². The summed E-state index contributed by atoms with van der Waals surface area (Å²) in [5.74, 6) is -1.49. The number of aromatic nitrogens is 1. The van der Waals surface area contributed by atoms with Crippen molar-refractivity contribution in [3.63, 3.8) is 0 Å². The minimum absolute atomic E-state index is 0.130. The first-order chi connectivity index (χ1) is 18.4. The summed E-state index contributed by atoms with van der Waals surface area (Å²) in [7, 11) is 0. The topological polar surface area (TPSA) is 57.5 Å². The number of carbonyl (C=O) groups is 2. The monoisotopic (exact) mass is 527 g/mol. The molecular weight excluding hydrogens is 498 g/mol. The molecule has 38 heavy (non-hydrogen) atoms. The zero-order valence-corrected chi connectivity index (χ0v) is 22.3. The van der Waals surface area contributed by atoms with Crippen LogP contribution in [0.4, 0.5) is 0 Å². The molecule has 1 aliphatic rings. The molecule has 2 heterocycles. The SMILES string of the molecule is CCOC(=O)C(=O)c1c(-c2ccc(Cl)cc2)c(-c2ccccc2)c2n1CC(C)(COCc1ccccc1)C2. The number of benzene rings is 3. The zero-order chi connectivity index (χ0) is 26.7. The molecule has 5 rings (SSSR count). The van der Waals surface area contributed by atoms with Crippen LogP contribution in [-0.4, -0.2) is 29.5 Å². The number of rotatable bonds is 9. The van der Waals surface area contributed by atoms with Gasteiger partial charge in [-0.3, -0.25) is 4.79 Å². The van der Waals surface area contributed by atoms with Gasteiger partial charge in [0.05, 0.1) is 19.8 Å². The maximum atomic E-state index is 13.7. The smallest absolute Gasteiger partial charge is 0.381 e. The summed E-state index contributed by atoms with van der Waals surface area (Å²) in [6.07, 6.45) is 0.697. The van der Waals surface area contributed by atoms with E-state index in [1.54, 1.807) is 19.1 Å². The Morgan fingerprint density at radius 2 is 1.53 bits per heavy atom. The number of carbonyl (C=O) groups excluding carboxylic acids is 2. The van der Waals surface area contributed by atoms with Gasteiger partial charge in [0.15, 0.2) is 0 Å². The molecule has 4 aromatic rings. The molecule has 0 spiro atoms. The molecule has 1 aromatic heterocycles. The lowest BCUT2D eigenvalue weighted by molar-refractivity contribution is -0.137. The number of hydrogen-bond acceptors (Lipinski definition) is 4. The Kier molecular flexibility index (Phi) is 7.50. The van der Waals surface area contributed by atoms with Gasteiger partial charge >= 0.3 is 5.97 Å². The quantitative estimate of drug-likeness (QED) is 0.133. The lowest BCUT2D eigenvalue weighted by atomic mass is 9.85. The molecule has 1 atom stereocenters. The molecule has 0 saturated heterocycles. The number of ether oxygens (including phenoxy) is 2. The summed E-state index contributed by atoms with van der Waals surface area (Å²) >= 11 is 6.19. The van der Waals surface area contributed by atoms with E-state index in [1.807, 2.05) is 77.4 Å². The van der Waals surface area contributed by atoms with E-state index in [1.165, 1.54) is 0 Å². The molecule has 1 unspecified atom stereocenters. The van der Waals surface area contributed by atoms with Crippen molar-refractivity contribution in [1.82, 2.24) is 4.57 Å². The van der Waals surface area contributed by atoms with Crippen LogP contribution < -0.4 is 0 Å². The molecule has 1 aliphatic heterocycles. The van der Waals surface area contributed by atoms with Gasteiger partial charge in [0.2, 0.25) is 0 Å². The first-order valence-electron chi connectivity index (χ1n) is 12.8. The van der Waals surface area contributed by atoms with Crippen molar-refractivity contribution in [3.8, 4) is 22.3 Å². The van der Waals surface area contributed by atoms with Crippen LogP contribution in [0.1, 0.15) is 35.6 Å². The van der Waals surface area contributed by atoms with Crippen LogP contribution in [-0.2, 0) is 33.8 Å². The first-order valence-corrected chi connectivity index (χ1v) is 13.2. The molecule has 0 radical (unpaired) electrons. The number of esters is 1. The molecule has 5 nitrogen and oxygen atoms in total. The molecule has 0 fully saturated rings. The minimum atomic E-state index is -0.850. The third kappa shape index (κ3) is 5.17. The largest absolute Gasteiger partial charge is 0.460 e. The summed E-state index contributed by atoms with van der Waals surface area (Å²) in [5, 5.41) is 0.600. The van der Waals surface area contributed by atoms with Gasteiger partial charge in [-0.2, -0.15) is 0 Å². The van der Waals surface area contributed by atoms with Crippen molar-refractivity contribution in [2.45, 2.75) is 33.4 Å². The van der Waals surface area contributed by atoms with Gasteiger partial charge in [-0.25, -0.2) is 4.79 Å². The Bertz CT molecular complexity index is 1440. The van der Waals surface area contributed by atoms with Gasteiger partial charge in [0.1, 0.15) is 5.69 Å². The predicted molar refractivity (Wildman–Crippen MR) is 149 cm³/mol. The summed E-state index contributed by atoms with van der Waals surface area (Å²) in [6.45, 7) is 5.57. The fourth-order valence-corrected chi connectivity index (χ4v) is 5.42. The summed E-state index contributed by atoms with van der Waals surface area (Å²) in [6, 6.07) is 27.5. The average molecular weight is 528 g/mol. The maximum Gasteiger partial charge on any atom is 0.381 e. The van der Waals surface area contributed by atoms with Gasteiger partial charge < -0.3 is 14.0 Å². The van der Waals surface area contributed by atoms with Crippen LogP contribution in [0.2, 0.25) is 5.02 Å². The van der Waals surface area contributed by atoms with Crippen LogP contribution in [0.25, 0.3) is 22.3 Å². The lowest BCUT2D eigenvalue weighted by Crippen LogP contribution is -2.27. The van der Waals surface area contributed by atoms with Crippen molar-refractivity contribution in [2.24, 2.45) is 5.41 Å². The zero-order valence-electron chi connectivity index (χ0n) is 21.6. The highest BCUT2D eigenvalue weighted by atomic mass is 35.5. The van der Waals surface area contributed by atoms with Crippen LogP contribution in [0.3, 0.4) is 0 Å². The molecule has 194 valence electrons. The Morgan fingerprint density at radius 3 is 2.18 bits per heavy atom. The number of Topliss-reactive ketones (excluding diaryl/α,β-unsaturated/α-hetero) is 1. The molecule has 0 aliphatic carbocycles. The molecular formula is C32H30ClNO4. The fraction of sp³-hybridized carbons (Fsp3) is 0.250. The van der Waals surface area contributed by atoms with E-state index < -0.39 is 11.8 Å². The molecule has 0 saturated carbocycles. The Hall–Kier alpha value is -3.67. The van der Waals surface area contributed by atoms with Crippen molar-refractivity contribution in [3.05, 3.63) is 107 Å². The van der Waals surface area contributed by atoms with Gasteiger partial charge in [-0.05, 0) is 42.2 Å². The third-order valence-electron chi connectivity index (χ3n) is 6.94. The third-order valence-corrected chi connectivity index (χ3v) is 7.19. The van der Waals surface area contributed by atoms with Crippen LogP contribution >= 0.6 is 11.6 Å². The van der Waals surface area contributed by atoms with Crippen molar-refractivity contribution in [2.75, 3.05) is 13.2 Å². The van der Waals surface area contributed by atoms with Crippen LogP contribution in [0, 0.1) is 5.41 Å². The van der Waals surface area contributed by atoms with E-state index in [2.05, 4.69) is 6.92 Å². The highest BCUT2D eigenvalue weighted by Crippen LogP contribution is 2.47. The maximum absolute atomic E-state index is 13.7. The Morgan fingerprint density at radius 1 is 0.895 bits per heavy atom. The summed E-state index contributed by atoms with van der Waals surface area (Å²) < 4.78 is 13.3. The van der Waals surface area contributed by atoms with E-state index in [4.69, 9.17) is 21.1 Å². The van der Waals surface area contributed by atoms with Crippen molar-refractivity contribution < 1.29 is 19.1 Å². The summed E-state index contributed by atoms with van der Waals surface area (Å²) in [4.78, 5) is 26.4. The Balaban J connectivity index is 1.60. The van der Waals surface area contributed by atoms with Crippen molar-refractivity contribution >= 4 is 23.4 Å². The lowest BCUT2D eigenvalue weighted by Gasteiger charge is -2.24. The highest BCUT2D eigenvalue weighted by Gasteiger charge is 2.42. The van der Waals surface area contributed by atoms with E-state index >= 15 is 0 Å². The average Bonchev–Trinajstić information content (AvgIpc) is 3.41. The van der Waals surface area contributed by atoms with E-state index in [0.717, 1.165) is 33.5 Å². The molecule has 0 amide bonds.